The Hall–Kier alpha value is -5.61. The van der Waals surface area contributed by atoms with Gasteiger partial charge in [-0.05, 0) is 103 Å². The number of piperidine rings is 1. The highest BCUT2D eigenvalue weighted by Crippen LogP contribution is 2.51. The largest absolute Gasteiger partial charge is 0.497 e. The molecule has 10 heteroatoms. The lowest BCUT2D eigenvalue weighted by Gasteiger charge is -2.39. The van der Waals surface area contributed by atoms with Crippen LogP contribution < -0.4 is 14.4 Å². The van der Waals surface area contributed by atoms with E-state index in [0.29, 0.717) is 19.0 Å². The molecular formula is C43H42N6O3S. The lowest BCUT2D eigenvalue weighted by Crippen LogP contribution is -2.43. The molecule has 0 N–H and O–H groups in total. The second kappa shape index (κ2) is 14.8. The molecule has 53 heavy (non-hydrogen) atoms. The molecule has 9 nitrogen and oxygen atoms in total. The molecule has 0 saturated carbocycles. The predicted octanol–water partition coefficient (Wildman–Crippen LogP) is 9.52. The third kappa shape index (κ3) is 7.11. The number of hydrogen-bond donors (Lipinski definition) is 0. The van der Waals surface area contributed by atoms with Crippen LogP contribution in [-0.4, -0.2) is 63.9 Å². The van der Waals surface area contributed by atoms with Gasteiger partial charge in [0.25, 0.3) is 5.24 Å². The number of allylic oxidation sites excluding steroid dienone is 1. The number of hydrogen-bond acceptors (Lipinski definition) is 8. The van der Waals surface area contributed by atoms with E-state index in [0.717, 1.165) is 74.8 Å². The van der Waals surface area contributed by atoms with Crippen LogP contribution in [0.2, 0.25) is 0 Å². The minimum absolute atomic E-state index is 0.0292. The number of ether oxygens (including phenoxy) is 2. The quantitative estimate of drug-likeness (QED) is 0.122. The number of anilines is 1. The number of aromatic nitrogens is 4. The van der Waals surface area contributed by atoms with E-state index in [9.17, 15) is 4.79 Å². The lowest BCUT2D eigenvalue weighted by molar-refractivity contribution is 0.129. The number of para-hydroxylation sites is 1. The van der Waals surface area contributed by atoms with Crippen LogP contribution in [0.4, 0.5) is 10.5 Å². The molecule has 0 spiro atoms. The second-order valence-electron chi connectivity index (χ2n) is 13.9. The summed E-state index contributed by atoms with van der Waals surface area (Å²) in [5.74, 6) is 2.80. The van der Waals surface area contributed by atoms with Gasteiger partial charge in [0.05, 0.1) is 29.8 Å². The smallest absolute Gasteiger partial charge is 0.282 e. The van der Waals surface area contributed by atoms with Crippen LogP contribution in [0.15, 0.2) is 122 Å². The average molecular weight is 723 g/mol. The monoisotopic (exact) mass is 722 g/mol. The summed E-state index contributed by atoms with van der Waals surface area (Å²) in [7, 11) is 5.74. The van der Waals surface area contributed by atoms with Crippen LogP contribution in [0.1, 0.15) is 23.7 Å². The maximum absolute atomic E-state index is 13.6. The molecular weight excluding hydrogens is 681 g/mol. The highest BCUT2D eigenvalue weighted by atomic mass is 32.2. The number of rotatable bonds is 11. The first-order valence-electron chi connectivity index (χ1n) is 18.0. The third-order valence-electron chi connectivity index (χ3n) is 10.5. The number of nitrogens with zero attached hydrogens (tertiary/aromatic N) is 6. The fourth-order valence-electron chi connectivity index (χ4n) is 7.60. The molecule has 0 unspecified atom stereocenters. The van der Waals surface area contributed by atoms with E-state index in [1.165, 1.54) is 11.8 Å². The van der Waals surface area contributed by atoms with E-state index in [4.69, 9.17) is 14.5 Å². The number of carbonyl (C=O) groups excluding carboxylic acids is 1. The van der Waals surface area contributed by atoms with Gasteiger partial charge in [0.1, 0.15) is 22.9 Å². The summed E-state index contributed by atoms with van der Waals surface area (Å²) in [6.45, 7) is 5.65. The number of amides is 1. The van der Waals surface area contributed by atoms with Gasteiger partial charge >= 0.3 is 0 Å². The van der Waals surface area contributed by atoms with Crippen LogP contribution in [0.3, 0.4) is 0 Å². The SMILES string of the molecule is C=C[C@@H](Cn1cc(-c2ccc(N(C)C)cc2)nn1)[C@H]1CCN2C(=O)S[C@H](c3cc(-c4ccc(Oc5ccccc5)cc4)nc4ccc(OC)cc34)[C@@H]2C1. The minimum atomic E-state index is -0.0732. The van der Waals surface area contributed by atoms with Crippen molar-refractivity contribution in [2.45, 2.75) is 30.7 Å². The first-order valence-corrected chi connectivity index (χ1v) is 18.8. The predicted molar refractivity (Wildman–Crippen MR) is 213 cm³/mol. The normalized spacial score (nSPS) is 18.8. The first-order chi connectivity index (χ1) is 25.9. The molecule has 2 aliphatic rings. The van der Waals surface area contributed by atoms with Crippen molar-refractivity contribution in [3.8, 4) is 39.8 Å². The summed E-state index contributed by atoms with van der Waals surface area (Å²) in [5.41, 5.74) is 6.81. The zero-order valence-electron chi connectivity index (χ0n) is 30.1. The molecule has 0 radical (unpaired) electrons. The maximum atomic E-state index is 13.6. The van der Waals surface area contributed by atoms with Crippen molar-refractivity contribution in [1.82, 2.24) is 24.9 Å². The lowest BCUT2D eigenvalue weighted by atomic mass is 9.79. The van der Waals surface area contributed by atoms with Crippen molar-refractivity contribution in [2.75, 3.05) is 32.6 Å². The molecule has 2 fully saturated rings. The van der Waals surface area contributed by atoms with Crippen LogP contribution in [0, 0.1) is 11.8 Å². The molecule has 4 heterocycles. The average Bonchev–Trinajstić information content (AvgIpc) is 3.80. The van der Waals surface area contributed by atoms with Crippen molar-refractivity contribution in [3.63, 3.8) is 0 Å². The summed E-state index contributed by atoms with van der Waals surface area (Å²) in [6, 6.07) is 34.3. The molecule has 4 aromatic carbocycles. The van der Waals surface area contributed by atoms with Gasteiger partial charge in [-0.2, -0.15) is 0 Å². The van der Waals surface area contributed by atoms with Gasteiger partial charge in [-0.25, -0.2) is 4.98 Å². The Balaban J connectivity index is 1.06. The highest BCUT2D eigenvalue weighted by Gasteiger charge is 2.46. The standard InChI is InChI=1S/C43H42N6O3S/c1-5-28(26-48-27-40(45-46-48)30-11-15-32(16-12-30)47(2)3)31-21-22-49-41(23-31)42(53-43(49)50)37-25-39(44-38-20-19-35(51-4)24-36(37)38)29-13-17-34(18-14-29)52-33-9-7-6-8-10-33/h5-20,24-25,27-28,31,41-42H,1,21-23,26H2,2-4H3/t28-,31-,41-,42+/m0/s1. The van der Waals surface area contributed by atoms with E-state index in [1.807, 2.05) is 91.7 Å². The number of thioether (sulfide) groups is 1. The summed E-state index contributed by atoms with van der Waals surface area (Å²) < 4.78 is 13.6. The molecule has 2 aliphatic heterocycles. The molecule has 2 saturated heterocycles. The van der Waals surface area contributed by atoms with E-state index >= 15 is 0 Å². The zero-order chi connectivity index (χ0) is 36.5. The second-order valence-corrected chi connectivity index (χ2v) is 15.0. The number of methoxy groups -OCH3 is 1. The zero-order valence-corrected chi connectivity index (χ0v) is 30.9. The van der Waals surface area contributed by atoms with Crippen molar-refractivity contribution >= 4 is 33.6 Å². The Bertz CT molecular complexity index is 2240. The molecule has 6 aromatic rings. The van der Waals surface area contributed by atoms with Crippen LogP contribution in [0.5, 0.6) is 17.2 Å². The Morgan fingerprint density at radius 2 is 1.64 bits per heavy atom. The van der Waals surface area contributed by atoms with Crippen LogP contribution >= 0.6 is 11.8 Å². The summed E-state index contributed by atoms with van der Waals surface area (Å²) in [6.07, 6.45) is 5.85. The summed E-state index contributed by atoms with van der Waals surface area (Å²) >= 11 is 1.43. The van der Waals surface area contributed by atoms with Gasteiger partial charge in [-0.3, -0.25) is 9.48 Å². The van der Waals surface area contributed by atoms with Gasteiger partial charge in [0.15, 0.2) is 0 Å². The Morgan fingerprint density at radius 1 is 0.925 bits per heavy atom. The fraction of sp³-hybridized carbons (Fsp3) is 0.256. The van der Waals surface area contributed by atoms with Crippen molar-refractivity contribution in [2.24, 2.45) is 11.8 Å². The van der Waals surface area contributed by atoms with E-state index in [1.54, 1.807) is 7.11 Å². The molecule has 268 valence electrons. The highest BCUT2D eigenvalue weighted by molar-refractivity contribution is 8.14. The molecule has 0 aliphatic carbocycles. The molecule has 1 amide bonds. The first kappa shape index (κ1) is 34.5. The van der Waals surface area contributed by atoms with Gasteiger partial charge in [0, 0.05) is 55.4 Å². The molecule has 0 bridgehead atoms. The summed E-state index contributed by atoms with van der Waals surface area (Å²) in [4.78, 5) is 22.9. The van der Waals surface area contributed by atoms with Crippen molar-refractivity contribution in [3.05, 3.63) is 128 Å². The van der Waals surface area contributed by atoms with Crippen molar-refractivity contribution in [1.29, 1.82) is 0 Å². The number of pyridine rings is 1. The number of carbonyl (C=O) groups is 1. The van der Waals surface area contributed by atoms with Gasteiger partial charge in [-0.1, -0.05) is 53.4 Å². The van der Waals surface area contributed by atoms with E-state index in [-0.39, 0.29) is 22.4 Å². The number of benzene rings is 4. The van der Waals surface area contributed by atoms with E-state index in [2.05, 4.69) is 69.2 Å². The van der Waals surface area contributed by atoms with Crippen LogP contribution in [0.25, 0.3) is 33.4 Å². The van der Waals surface area contributed by atoms with E-state index < -0.39 is 0 Å². The maximum Gasteiger partial charge on any atom is 0.282 e. The molecule has 4 atom stereocenters. The third-order valence-corrected chi connectivity index (χ3v) is 11.8. The Morgan fingerprint density at radius 3 is 2.38 bits per heavy atom. The molecule has 2 aromatic heterocycles. The topological polar surface area (TPSA) is 85.6 Å². The van der Waals surface area contributed by atoms with Crippen molar-refractivity contribution < 1.29 is 14.3 Å². The van der Waals surface area contributed by atoms with Gasteiger partial charge in [0.2, 0.25) is 0 Å². The molecule has 8 rings (SSSR count). The Kier molecular flexibility index (Phi) is 9.62. The minimum Gasteiger partial charge on any atom is -0.497 e. The van der Waals surface area contributed by atoms with Gasteiger partial charge in [-0.15, -0.1) is 11.7 Å². The van der Waals surface area contributed by atoms with Gasteiger partial charge < -0.3 is 19.3 Å². The summed E-state index contributed by atoms with van der Waals surface area (Å²) in [5, 5.41) is 10.1. The number of fused-ring (bicyclic) bond motifs is 2. The van der Waals surface area contributed by atoms with Crippen LogP contribution in [-0.2, 0) is 6.54 Å². The fourth-order valence-corrected chi connectivity index (χ4v) is 8.91. The Labute approximate surface area is 314 Å².